The van der Waals surface area contributed by atoms with E-state index in [1.54, 1.807) is 6.08 Å². The first-order valence-corrected chi connectivity index (χ1v) is 15.7. The second-order valence-electron chi connectivity index (χ2n) is 10.7. The van der Waals surface area contributed by atoms with Gasteiger partial charge < -0.3 is 8.85 Å². The summed E-state index contributed by atoms with van der Waals surface area (Å²) >= 11 is 0. The van der Waals surface area contributed by atoms with Crippen molar-refractivity contribution >= 4 is 22.4 Å². The zero-order chi connectivity index (χ0) is 21.2. The molecule has 1 rings (SSSR count). The van der Waals surface area contributed by atoms with Crippen LogP contribution in [0.15, 0.2) is 12.2 Å². The molecule has 0 amide bonds. The average molecular weight is 413 g/mol. The van der Waals surface area contributed by atoms with Gasteiger partial charge in [0.05, 0.1) is 12.2 Å². The molecule has 0 radical (unpaired) electrons. The summed E-state index contributed by atoms with van der Waals surface area (Å²) in [5.74, 6) is 0.167. The summed E-state index contributed by atoms with van der Waals surface area (Å²) in [5, 5.41) is 0.153. The second kappa shape index (κ2) is 9.06. The largest absolute Gasteiger partial charge is 0.413 e. The molecule has 0 spiro atoms. The van der Waals surface area contributed by atoms with E-state index in [4.69, 9.17) is 8.85 Å². The van der Waals surface area contributed by atoms with Gasteiger partial charge in [0.2, 0.25) is 8.32 Å². The number of hydrogen-bond donors (Lipinski definition) is 0. The van der Waals surface area contributed by atoms with Crippen molar-refractivity contribution in [3.05, 3.63) is 12.2 Å². The van der Waals surface area contributed by atoms with Crippen molar-refractivity contribution in [1.82, 2.24) is 0 Å². The van der Waals surface area contributed by atoms with Gasteiger partial charge in [-0.15, -0.1) is 0 Å². The lowest BCUT2D eigenvalue weighted by Crippen LogP contribution is -2.51. The maximum absolute atomic E-state index is 12.4. The monoisotopic (exact) mass is 412 g/mol. The van der Waals surface area contributed by atoms with Crippen LogP contribution in [0.4, 0.5) is 0 Å². The SMILES string of the molecule is CC(C)[Si](O[C@H]1CC(=O)C=C[C@@H](O[Si](C)(C)C(C)(C)C)C1)(C(C)C)C(C)C. The Kier molecular flexibility index (Phi) is 8.32. The van der Waals surface area contributed by atoms with Crippen LogP contribution >= 0.6 is 0 Å². The summed E-state index contributed by atoms with van der Waals surface area (Å²) in [6, 6.07) is 0. The fourth-order valence-corrected chi connectivity index (χ4v) is 11.2. The van der Waals surface area contributed by atoms with E-state index in [1.165, 1.54) is 0 Å². The van der Waals surface area contributed by atoms with Crippen LogP contribution in [0.1, 0.15) is 75.2 Å². The molecule has 158 valence electrons. The Hall–Kier alpha value is -0.236. The smallest absolute Gasteiger partial charge is 0.200 e. The summed E-state index contributed by atoms with van der Waals surface area (Å²) in [6.45, 7) is 25.1. The van der Waals surface area contributed by atoms with Gasteiger partial charge in [-0.1, -0.05) is 68.4 Å². The van der Waals surface area contributed by atoms with Gasteiger partial charge >= 0.3 is 0 Å². The molecular weight excluding hydrogens is 368 g/mol. The molecule has 0 unspecified atom stereocenters. The van der Waals surface area contributed by atoms with Crippen LogP contribution < -0.4 is 0 Å². The van der Waals surface area contributed by atoms with Crippen LogP contribution in [0.3, 0.4) is 0 Å². The highest BCUT2D eigenvalue weighted by molar-refractivity contribution is 6.77. The molecule has 0 aromatic heterocycles. The van der Waals surface area contributed by atoms with E-state index in [2.05, 4.69) is 75.4 Å². The first kappa shape index (κ1) is 24.8. The average Bonchev–Trinajstić information content (AvgIpc) is 2.63. The first-order chi connectivity index (χ1) is 12.1. The van der Waals surface area contributed by atoms with Crippen molar-refractivity contribution in [2.24, 2.45) is 0 Å². The third kappa shape index (κ3) is 5.88. The summed E-state index contributed by atoms with van der Waals surface area (Å²) in [5.41, 5.74) is 1.55. The van der Waals surface area contributed by atoms with Gasteiger partial charge in [0.1, 0.15) is 0 Å². The van der Waals surface area contributed by atoms with E-state index in [9.17, 15) is 4.79 Å². The Labute approximate surface area is 170 Å². The van der Waals surface area contributed by atoms with Gasteiger partial charge in [-0.05, 0) is 40.8 Å². The molecule has 1 aliphatic rings. The molecule has 0 bridgehead atoms. The third-order valence-electron chi connectivity index (χ3n) is 6.75. The predicted molar refractivity (Wildman–Crippen MR) is 121 cm³/mol. The van der Waals surface area contributed by atoms with E-state index >= 15 is 0 Å². The predicted octanol–water partition coefficient (Wildman–Crippen LogP) is 6.86. The van der Waals surface area contributed by atoms with Crippen molar-refractivity contribution in [2.45, 2.75) is 122 Å². The molecule has 0 saturated carbocycles. The van der Waals surface area contributed by atoms with Crippen LogP contribution in [-0.2, 0) is 13.6 Å². The Morgan fingerprint density at radius 3 is 1.85 bits per heavy atom. The topological polar surface area (TPSA) is 35.5 Å². The van der Waals surface area contributed by atoms with Crippen molar-refractivity contribution in [3.63, 3.8) is 0 Å². The van der Waals surface area contributed by atoms with Gasteiger partial charge in [0.25, 0.3) is 0 Å². The fourth-order valence-electron chi connectivity index (χ4n) is 4.36. The lowest BCUT2D eigenvalue weighted by Gasteiger charge is -2.45. The van der Waals surface area contributed by atoms with Gasteiger partial charge in [-0.2, -0.15) is 0 Å². The van der Waals surface area contributed by atoms with Gasteiger partial charge in [0, 0.05) is 12.8 Å². The highest BCUT2D eigenvalue weighted by Crippen LogP contribution is 2.44. The zero-order valence-electron chi connectivity index (χ0n) is 19.7. The Morgan fingerprint density at radius 2 is 1.44 bits per heavy atom. The Bertz CT molecular complexity index is 508. The Balaban J connectivity index is 3.09. The molecule has 0 heterocycles. The molecule has 27 heavy (non-hydrogen) atoms. The van der Waals surface area contributed by atoms with Crippen molar-refractivity contribution in [3.8, 4) is 0 Å². The number of hydrogen-bond acceptors (Lipinski definition) is 3. The molecule has 0 saturated heterocycles. The lowest BCUT2D eigenvalue weighted by molar-refractivity contribution is -0.116. The van der Waals surface area contributed by atoms with E-state index in [-0.39, 0.29) is 23.0 Å². The minimum atomic E-state index is -2.02. The minimum absolute atomic E-state index is 0.0273. The molecule has 5 heteroatoms. The zero-order valence-corrected chi connectivity index (χ0v) is 21.7. The molecule has 0 N–H and O–H groups in total. The molecule has 1 aliphatic carbocycles. The maximum Gasteiger partial charge on any atom is 0.200 e. The second-order valence-corrected chi connectivity index (χ2v) is 20.9. The van der Waals surface area contributed by atoms with Crippen LogP contribution in [-0.4, -0.2) is 34.6 Å². The van der Waals surface area contributed by atoms with E-state index < -0.39 is 16.6 Å². The lowest BCUT2D eigenvalue weighted by atomic mass is 10.1. The van der Waals surface area contributed by atoms with Crippen molar-refractivity contribution < 1.29 is 13.6 Å². The highest BCUT2D eigenvalue weighted by atomic mass is 28.4. The summed E-state index contributed by atoms with van der Waals surface area (Å²) in [6.07, 6.45) is 4.91. The molecule has 3 nitrogen and oxygen atoms in total. The first-order valence-electron chi connectivity index (χ1n) is 10.7. The van der Waals surface area contributed by atoms with Crippen molar-refractivity contribution in [1.29, 1.82) is 0 Å². The number of allylic oxidation sites excluding steroid dienone is 1. The summed E-state index contributed by atoms with van der Waals surface area (Å²) < 4.78 is 13.6. The quantitative estimate of drug-likeness (QED) is 0.429. The fraction of sp³-hybridized carbons (Fsp3) is 0.864. The van der Waals surface area contributed by atoms with Crippen LogP contribution in [0.2, 0.25) is 34.8 Å². The normalized spacial score (nSPS) is 22.8. The Morgan fingerprint density at radius 1 is 0.963 bits per heavy atom. The summed E-state index contributed by atoms with van der Waals surface area (Å²) in [7, 11) is -3.91. The molecule has 0 aromatic carbocycles. The molecular formula is C22H44O3Si2. The minimum Gasteiger partial charge on any atom is -0.413 e. The number of ketones is 1. The van der Waals surface area contributed by atoms with Gasteiger partial charge in [-0.25, -0.2) is 0 Å². The van der Waals surface area contributed by atoms with Crippen molar-refractivity contribution in [2.75, 3.05) is 0 Å². The molecule has 2 atom stereocenters. The molecule has 0 aromatic rings. The standard InChI is InChI=1S/C22H44O3Si2/c1-16(2)27(17(3)4,18(5)6)25-21-14-19(23)12-13-20(15-21)24-26(10,11)22(7,8)9/h12-13,16-18,20-21H,14-15H2,1-11H3/t20-,21+/m1/s1. The number of carbonyl (C=O) groups is 1. The van der Waals surface area contributed by atoms with E-state index in [0.29, 0.717) is 23.0 Å². The van der Waals surface area contributed by atoms with Gasteiger partial charge in [0.15, 0.2) is 14.1 Å². The van der Waals surface area contributed by atoms with Crippen LogP contribution in [0.25, 0.3) is 0 Å². The van der Waals surface area contributed by atoms with Gasteiger partial charge in [-0.3, -0.25) is 4.79 Å². The third-order valence-corrected chi connectivity index (χ3v) is 17.4. The maximum atomic E-state index is 12.4. The molecule has 0 aliphatic heterocycles. The number of carbonyl (C=O) groups excluding carboxylic acids is 1. The van der Waals surface area contributed by atoms with E-state index in [0.717, 1.165) is 6.42 Å². The van der Waals surface area contributed by atoms with Crippen LogP contribution in [0, 0.1) is 0 Å². The molecule has 0 fully saturated rings. The van der Waals surface area contributed by atoms with Crippen LogP contribution in [0.5, 0.6) is 0 Å². The highest BCUT2D eigenvalue weighted by Gasteiger charge is 2.47. The number of rotatable bonds is 7. The van der Waals surface area contributed by atoms with E-state index in [1.807, 2.05) is 6.08 Å². The summed E-state index contributed by atoms with van der Waals surface area (Å²) in [4.78, 5) is 12.4.